The molecule has 0 aliphatic heterocycles. The Kier molecular flexibility index (Phi) is 4.35. The lowest BCUT2D eigenvalue weighted by Crippen LogP contribution is -2.48. The molecule has 0 aromatic rings. The van der Waals surface area contributed by atoms with E-state index < -0.39 is 6.10 Å². The van der Waals surface area contributed by atoms with Gasteiger partial charge in [-0.15, -0.1) is 0 Å². The van der Waals surface area contributed by atoms with E-state index in [0.29, 0.717) is 6.04 Å². The normalized spacial score (nSPS) is 20.2. The number of rotatable bonds is 6. The van der Waals surface area contributed by atoms with Crippen molar-refractivity contribution in [2.24, 2.45) is 5.73 Å². The maximum absolute atomic E-state index is 11.6. The fourth-order valence-corrected chi connectivity index (χ4v) is 1.47. The predicted molar refractivity (Wildman–Crippen MR) is 54.8 cm³/mol. The van der Waals surface area contributed by atoms with Crippen LogP contribution < -0.4 is 11.1 Å². The number of nitrogens with one attached hydrogen (secondary N) is 1. The van der Waals surface area contributed by atoms with Crippen molar-refractivity contribution in [2.45, 2.75) is 50.8 Å². The summed E-state index contributed by atoms with van der Waals surface area (Å²) in [5, 5.41) is 2.90. The van der Waals surface area contributed by atoms with Crippen molar-refractivity contribution in [1.82, 2.24) is 5.32 Å². The Bertz CT molecular complexity index is 193. The number of nitrogens with two attached hydrogens (primary N) is 1. The molecule has 1 amide bonds. The molecule has 0 aromatic heterocycles. The number of ether oxygens (including phenoxy) is 1. The molecular weight excluding hydrogens is 180 g/mol. The largest absolute Gasteiger partial charge is 0.370 e. The number of carbonyl (C=O) groups excluding carboxylic acids is 1. The Labute approximate surface area is 85.2 Å². The third kappa shape index (κ3) is 3.27. The lowest BCUT2D eigenvalue weighted by Gasteiger charge is -2.21. The van der Waals surface area contributed by atoms with E-state index in [1.807, 2.05) is 6.92 Å². The minimum atomic E-state index is -0.490. The molecule has 3 N–H and O–H groups in total. The number of amides is 1. The number of hydrogen-bond donors (Lipinski definition) is 2. The van der Waals surface area contributed by atoms with E-state index in [4.69, 9.17) is 10.5 Å². The Hall–Kier alpha value is -0.610. The Morgan fingerprint density at radius 3 is 2.71 bits per heavy atom. The van der Waals surface area contributed by atoms with Crippen molar-refractivity contribution >= 4 is 5.91 Å². The first kappa shape index (κ1) is 11.5. The summed E-state index contributed by atoms with van der Waals surface area (Å²) in [5.74, 6) is -0.0593. The number of methoxy groups -OCH3 is 1. The molecule has 82 valence electrons. The van der Waals surface area contributed by atoms with Crippen LogP contribution >= 0.6 is 0 Å². The van der Waals surface area contributed by atoms with Gasteiger partial charge in [-0.3, -0.25) is 4.79 Å². The maximum atomic E-state index is 11.6. The molecule has 0 aromatic carbocycles. The van der Waals surface area contributed by atoms with Crippen molar-refractivity contribution in [3.63, 3.8) is 0 Å². The van der Waals surface area contributed by atoms with Gasteiger partial charge >= 0.3 is 0 Å². The van der Waals surface area contributed by atoms with Gasteiger partial charge in [-0.05, 0) is 19.3 Å². The zero-order chi connectivity index (χ0) is 10.6. The van der Waals surface area contributed by atoms with E-state index in [0.717, 1.165) is 25.7 Å². The van der Waals surface area contributed by atoms with E-state index >= 15 is 0 Å². The van der Waals surface area contributed by atoms with Crippen molar-refractivity contribution in [1.29, 1.82) is 0 Å². The summed E-state index contributed by atoms with van der Waals surface area (Å²) < 4.78 is 5.12. The van der Waals surface area contributed by atoms with Gasteiger partial charge < -0.3 is 15.8 Å². The van der Waals surface area contributed by atoms with Crippen molar-refractivity contribution in [3.8, 4) is 0 Å². The van der Waals surface area contributed by atoms with Crippen molar-refractivity contribution in [2.75, 3.05) is 7.11 Å². The van der Waals surface area contributed by atoms with Crippen molar-refractivity contribution in [3.05, 3.63) is 0 Å². The zero-order valence-corrected chi connectivity index (χ0v) is 8.95. The third-order valence-corrected chi connectivity index (χ3v) is 2.45. The SMILES string of the molecule is CCC[C@H](N)C(OC)C(=O)NC1CC1. The second-order valence-corrected chi connectivity index (χ2v) is 3.89. The molecule has 0 heterocycles. The standard InChI is InChI=1S/C10H20N2O2/c1-3-4-8(11)9(14-2)10(13)12-7-5-6-7/h7-9H,3-6,11H2,1-2H3,(H,12,13)/t8-,9?/m0/s1. The van der Waals surface area contributed by atoms with E-state index in [-0.39, 0.29) is 11.9 Å². The highest BCUT2D eigenvalue weighted by molar-refractivity contribution is 5.82. The van der Waals surface area contributed by atoms with E-state index in [1.54, 1.807) is 0 Å². The van der Waals surface area contributed by atoms with Gasteiger partial charge in [-0.25, -0.2) is 0 Å². The van der Waals surface area contributed by atoms with Gasteiger partial charge in [0.1, 0.15) is 0 Å². The summed E-state index contributed by atoms with van der Waals surface area (Å²) in [5.41, 5.74) is 5.85. The van der Waals surface area contributed by atoms with Crippen LogP contribution in [0.3, 0.4) is 0 Å². The third-order valence-electron chi connectivity index (χ3n) is 2.45. The molecule has 4 nitrogen and oxygen atoms in total. The monoisotopic (exact) mass is 200 g/mol. The Balaban J connectivity index is 2.37. The van der Waals surface area contributed by atoms with Crippen molar-refractivity contribution < 1.29 is 9.53 Å². The molecule has 4 heteroatoms. The first-order chi connectivity index (χ1) is 6.69. The Morgan fingerprint density at radius 1 is 1.64 bits per heavy atom. The first-order valence-electron chi connectivity index (χ1n) is 5.27. The van der Waals surface area contributed by atoms with Crippen LogP contribution in [0.4, 0.5) is 0 Å². The topological polar surface area (TPSA) is 64.3 Å². The molecule has 2 atom stereocenters. The predicted octanol–water partition coefficient (Wildman–Crippen LogP) is 0.407. The number of carbonyl (C=O) groups is 1. The summed E-state index contributed by atoms with van der Waals surface area (Å²) in [6, 6.07) is 0.178. The first-order valence-corrected chi connectivity index (χ1v) is 5.27. The summed E-state index contributed by atoms with van der Waals surface area (Å²) in [4.78, 5) is 11.6. The van der Waals surface area contributed by atoms with Gasteiger partial charge in [0.2, 0.25) is 0 Å². The molecule has 0 spiro atoms. The second kappa shape index (κ2) is 5.32. The van der Waals surface area contributed by atoms with Crippen LogP contribution in [0.5, 0.6) is 0 Å². The van der Waals surface area contributed by atoms with Crippen LogP contribution in [0, 0.1) is 0 Å². The molecular formula is C10H20N2O2. The van der Waals surface area contributed by atoms with Gasteiger partial charge in [-0.2, -0.15) is 0 Å². The van der Waals surface area contributed by atoms with E-state index in [9.17, 15) is 4.79 Å². The molecule has 1 aliphatic rings. The van der Waals surface area contributed by atoms with Crippen LogP contribution in [0.15, 0.2) is 0 Å². The highest BCUT2D eigenvalue weighted by Crippen LogP contribution is 2.19. The summed E-state index contributed by atoms with van der Waals surface area (Å²) in [6.07, 6.45) is 3.47. The lowest BCUT2D eigenvalue weighted by molar-refractivity contribution is -0.132. The molecule has 1 saturated carbocycles. The summed E-state index contributed by atoms with van der Waals surface area (Å²) in [6.45, 7) is 2.05. The lowest BCUT2D eigenvalue weighted by atomic mass is 10.1. The number of hydrogen-bond acceptors (Lipinski definition) is 3. The average Bonchev–Trinajstić information content (AvgIpc) is 2.90. The van der Waals surface area contributed by atoms with E-state index in [1.165, 1.54) is 7.11 Å². The smallest absolute Gasteiger partial charge is 0.250 e. The highest BCUT2D eigenvalue weighted by atomic mass is 16.5. The van der Waals surface area contributed by atoms with Crippen LogP contribution in [-0.2, 0) is 9.53 Å². The highest BCUT2D eigenvalue weighted by Gasteiger charge is 2.30. The van der Waals surface area contributed by atoms with Gasteiger partial charge in [0.05, 0.1) is 0 Å². The molecule has 0 radical (unpaired) electrons. The van der Waals surface area contributed by atoms with Crippen LogP contribution in [0.2, 0.25) is 0 Å². The van der Waals surface area contributed by atoms with Gasteiger partial charge in [0.25, 0.3) is 5.91 Å². The molecule has 1 aliphatic carbocycles. The van der Waals surface area contributed by atoms with Crippen LogP contribution in [0.25, 0.3) is 0 Å². The summed E-state index contributed by atoms with van der Waals surface area (Å²) >= 11 is 0. The quantitative estimate of drug-likeness (QED) is 0.652. The Morgan fingerprint density at radius 2 is 2.29 bits per heavy atom. The minimum Gasteiger partial charge on any atom is -0.370 e. The summed E-state index contributed by atoms with van der Waals surface area (Å²) in [7, 11) is 1.53. The van der Waals surface area contributed by atoms with Crippen LogP contribution in [-0.4, -0.2) is 31.2 Å². The molecule has 14 heavy (non-hydrogen) atoms. The molecule has 1 rings (SSSR count). The van der Waals surface area contributed by atoms with Crippen LogP contribution in [0.1, 0.15) is 32.6 Å². The van der Waals surface area contributed by atoms with Gasteiger partial charge in [0.15, 0.2) is 6.10 Å². The average molecular weight is 200 g/mol. The molecule has 0 bridgehead atoms. The maximum Gasteiger partial charge on any atom is 0.250 e. The minimum absolute atomic E-state index is 0.0593. The van der Waals surface area contributed by atoms with Gasteiger partial charge in [-0.1, -0.05) is 13.3 Å². The van der Waals surface area contributed by atoms with E-state index in [2.05, 4.69) is 5.32 Å². The second-order valence-electron chi connectivity index (χ2n) is 3.89. The fourth-order valence-electron chi connectivity index (χ4n) is 1.47. The zero-order valence-electron chi connectivity index (χ0n) is 8.95. The molecule has 0 saturated heterocycles. The van der Waals surface area contributed by atoms with Gasteiger partial charge in [0, 0.05) is 19.2 Å². The molecule has 1 unspecified atom stereocenters. The molecule has 1 fully saturated rings. The fraction of sp³-hybridized carbons (Fsp3) is 0.900.